The van der Waals surface area contributed by atoms with Crippen molar-refractivity contribution in [3.8, 4) is 0 Å². The average molecular weight is 216 g/mol. The van der Waals surface area contributed by atoms with E-state index in [1.54, 1.807) is 29.3 Å². The monoisotopic (exact) mass is 216 g/mol. The van der Waals surface area contributed by atoms with Crippen molar-refractivity contribution in [3.63, 3.8) is 0 Å². The van der Waals surface area contributed by atoms with E-state index < -0.39 is 0 Å². The van der Waals surface area contributed by atoms with Crippen LogP contribution in [-0.2, 0) is 6.54 Å². The van der Waals surface area contributed by atoms with Gasteiger partial charge in [-0.25, -0.2) is 4.98 Å². The van der Waals surface area contributed by atoms with E-state index in [1.807, 2.05) is 0 Å². The van der Waals surface area contributed by atoms with E-state index in [1.165, 1.54) is 0 Å². The maximum Gasteiger partial charge on any atom is 0.199 e. The number of H-pyrrole nitrogens is 1. The number of nitrogens with zero attached hydrogens (tertiary/aromatic N) is 6. The number of anilines is 1. The van der Waals surface area contributed by atoms with Crippen LogP contribution < -0.4 is 5.32 Å². The molecule has 80 valence electrons. The third kappa shape index (κ3) is 1.45. The lowest BCUT2D eigenvalue weighted by Crippen LogP contribution is -2.06. The zero-order valence-electron chi connectivity index (χ0n) is 8.20. The molecule has 8 nitrogen and oxygen atoms in total. The Kier molecular flexibility index (Phi) is 1.96. The largest absolute Gasteiger partial charge is 0.361 e. The lowest BCUT2D eigenvalue weighted by atomic mass is 10.5. The standard InChI is InChI=1S/C8H8N8/c1-2-11-6(10-1)3-12-7-4-9-5-8-13-14-15-16(7)8/h1-2,4-5,12H,3H2,(H,10,11). The molecule has 0 fully saturated rings. The van der Waals surface area contributed by atoms with E-state index in [4.69, 9.17) is 0 Å². The minimum atomic E-state index is 0.563. The quantitative estimate of drug-likeness (QED) is 0.632. The molecular formula is C8H8N8. The Labute approximate surface area is 89.7 Å². The van der Waals surface area contributed by atoms with Crippen LogP contribution in [-0.4, -0.2) is 35.0 Å². The lowest BCUT2D eigenvalue weighted by molar-refractivity contribution is 0.816. The van der Waals surface area contributed by atoms with Gasteiger partial charge in [0, 0.05) is 12.4 Å². The first-order valence-corrected chi connectivity index (χ1v) is 4.68. The molecule has 3 aromatic rings. The summed E-state index contributed by atoms with van der Waals surface area (Å²) in [7, 11) is 0. The number of tetrazole rings is 1. The summed E-state index contributed by atoms with van der Waals surface area (Å²) in [4.78, 5) is 11.1. The Morgan fingerprint density at radius 1 is 1.38 bits per heavy atom. The van der Waals surface area contributed by atoms with Gasteiger partial charge in [-0.3, -0.25) is 4.98 Å². The minimum Gasteiger partial charge on any atom is -0.361 e. The summed E-state index contributed by atoms with van der Waals surface area (Å²) >= 11 is 0. The highest BCUT2D eigenvalue weighted by atomic mass is 15.5. The summed E-state index contributed by atoms with van der Waals surface area (Å²) in [5.41, 5.74) is 0.601. The topological polar surface area (TPSA) is 96.7 Å². The SMILES string of the molecule is c1c[nH]c(CNc2cncc3nnnn23)n1. The number of hydrogen-bond acceptors (Lipinski definition) is 6. The van der Waals surface area contributed by atoms with Crippen LogP contribution in [0.5, 0.6) is 0 Å². The normalized spacial score (nSPS) is 10.8. The van der Waals surface area contributed by atoms with Gasteiger partial charge in [-0.15, -0.1) is 5.10 Å². The van der Waals surface area contributed by atoms with Gasteiger partial charge in [-0.05, 0) is 10.4 Å². The molecule has 3 heterocycles. The Bertz CT molecular complexity index is 583. The third-order valence-electron chi connectivity index (χ3n) is 2.10. The van der Waals surface area contributed by atoms with Crippen LogP contribution in [0.25, 0.3) is 5.65 Å². The summed E-state index contributed by atoms with van der Waals surface area (Å²) < 4.78 is 1.58. The van der Waals surface area contributed by atoms with E-state index in [-0.39, 0.29) is 0 Å². The van der Waals surface area contributed by atoms with Gasteiger partial charge in [0.2, 0.25) is 0 Å². The smallest absolute Gasteiger partial charge is 0.199 e. The average Bonchev–Trinajstić information content (AvgIpc) is 2.97. The second-order valence-electron chi connectivity index (χ2n) is 3.13. The highest BCUT2D eigenvalue weighted by molar-refractivity contribution is 5.43. The Morgan fingerprint density at radius 3 is 3.25 bits per heavy atom. The second kappa shape index (κ2) is 3.57. The summed E-state index contributed by atoms with van der Waals surface area (Å²) in [5, 5.41) is 14.3. The van der Waals surface area contributed by atoms with Gasteiger partial charge in [-0.2, -0.15) is 4.52 Å². The predicted molar refractivity (Wildman–Crippen MR) is 54.5 cm³/mol. The fourth-order valence-electron chi connectivity index (χ4n) is 1.36. The van der Waals surface area contributed by atoms with Crippen LogP contribution in [0.3, 0.4) is 0 Å². The first-order chi connectivity index (χ1) is 7.93. The Balaban J connectivity index is 1.86. The van der Waals surface area contributed by atoms with Crippen LogP contribution in [0.4, 0.5) is 5.82 Å². The van der Waals surface area contributed by atoms with Gasteiger partial charge in [0.25, 0.3) is 0 Å². The molecule has 0 atom stereocenters. The van der Waals surface area contributed by atoms with E-state index in [0.717, 1.165) is 11.6 Å². The minimum absolute atomic E-state index is 0.563. The summed E-state index contributed by atoms with van der Waals surface area (Å²) in [6, 6.07) is 0. The highest BCUT2D eigenvalue weighted by Crippen LogP contribution is 2.06. The molecular weight excluding hydrogens is 208 g/mol. The molecule has 0 spiro atoms. The van der Waals surface area contributed by atoms with E-state index in [9.17, 15) is 0 Å². The van der Waals surface area contributed by atoms with Gasteiger partial charge in [0.05, 0.1) is 18.9 Å². The number of rotatable bonds is 3. The van der Waals surface area contributed by atoms with Crippen molar-refractivity contribution >= 4 is 11.5 Å². The van der Waals surface area contributed by atoms with Gasteiger partial charge in [-0.1, -0.05) is 0 Å². The van der Waals surface area contributed by atoms with Crippen LogP contribution >= 0.6 is 0 Å². The molecule has 0 aliphatic carbocycles. The van der Waals surface area contributed by atoms with E-state index in [0.29, 0.717) is 12.2 Å². The Hall–Kier alpha value is -2.51. The zero-order chi connectivity index (χ0) is 10.8. The van der Waals surface area contributed by atoms with Crippen molar-refractivity contribution in [1.29, 1.82) is 0 Å². The zero-order valence-corrected chi connectivity index (χ0v) is 8.20. The molecule has 8 heteroatoms. The molecule has 0 radical (unpaired) electrons. The van der Waals surface area contributed by atoms with Gasteiger partial charge < -0.3 is 10.3 Å². The first kappa shape index (κ1) is 8.77. The van der Waals surface area contributed by atoms with Gasteiger partial charge >= 0.3 is 0 Å². The van der Waals surface area contributed by atoms with Crippen LogP contribution in [0.2, 0.25) is 0 Å². The molecule has 2 N–H and O–H groups in total. The molecule has 0 amide bonds. The number of aromatic amines is 1. The van der Waals surface area contributed by atoms with Crippen molar-refractivity contribution in [2.24, 2.45) is 0 Å². The van der Waals surface area contributed by atoms with E-state index >= 15 is 0 Å². The van der Waals surface area contributed by atoms with E-state index in [2.05, 4.69) is 35.8 Å². The molecule has 3 rings (SSSR count). The highest BCUT2D eigenvalue weighted by Gasteiger charge is 2.03. The van der Waals surface area contributed by atoms with Crippen LogP contribution in [0.1, 0.15) is 5.82 Å². The van der Waals surface area contributed by atoms with Crippen molar-refractivity contribution in [2.45, 2.75) is 6.54 Å². The first-order valence-electron chi connectivity index (χ1n) is 4.68. The molecule has 16 heavy (non-hydrogen) atoms. The van der Waals surface area contributed by atoms with Crippen molar-refractivity contribution < 1.29 is 0 Å². The lowest BCUT2D eigenvalue weighted by Gasteiger charge is -2.04. The fourth-order valence-corrected chi connectivity index (χ4v) is 1.36. The molecule has 3 aromatic heterocycles. The number of hydrogen-bond donors (Lipinski definition) is 2. The summed E-state index contributed by atoms with van der Waals surface area (Å²) in [5.74, 6) is 1.56. The summed E-state index contributed by atoms with van der Waals surface area (Å²) in [6.07, 6.45) is 6.73. The predicted octanol–water partition coefficient (Wildman–Crippen LogP) is -0.146. The molecule has 0 saturated heterocycles. The van der Waals surface area contributed by atoms with Crippen molar-refractivity contribution in [2.75, 3.05) is 5.32 Å². The number of imidazole rings is 1. The number of fused-ring (bicyclic) bond motifs is 1. The second-order valence-corrected chi connectivity index (χ2v) is 3.13. The maximum absolute atomic E-state index is 4.10. The fraction of sp³-hybridized carbons (Fsp3) is 0.125. The van der Waals surface area contributed by atoms with Crippen LogP contribution in [0.15, 0.2) is 24.8 Å². The number of nitrogens with one attached hydrogen (secondary N) is 2. The molecule has 0 aliphatic rings. The Morgan fingerprint density at radius 2 is 2.38 bits per heavy atom. The van der Waals surface area contributed by atoms with Gasteiger partial charge in [0.1, 0.15) is 5.82 Å². The van der Waals surface area contributed by atoms with Crippen LogP contribution in [0, 0.1) is 0 Å². The molecule has 0 aromatic carbocycles. The maximum atomic E-state index is 4.10. The molecule has 0 saturated carbocycles. The number of aromatic nitrogens is 7. The third-order valence-corrected chi connectivity index (χ3v) is 2.10. The van der Waals surface area contributed by atoms with Crippen molar-refractivity contribution in [3.05, 3.63) is 30.6 Å². The molecule has 0 bridgehead atoms. The molecule has 0 unspecified atom stereocenters. The van der Waals surface area contributed by atoms with Gasteiger partial charge in [0.15, 0.2) is 11.5 Å². The molecule has 0 aliphatic heterocycles. The summed E-state index contributed by atoms with van der Waals surface area (Å²) in [6.45, 7) is 0.563. The van der Waals surface area contributed by atoms with Crippen molar-refractivity contribution in [1.82, 2.24) is 35.0 Å².